The van der Waals surface area contributed by atoms with E-state index in [1.807, 2.05) is 11.8 Å². The predicted molar refractivity (Wildman–Crippen MR) is 71.7 cm³/mol. The summed E-state index contributed by atoms with van der Waals surface area (Å²) in [5.74, 6) is 6.64. The van der Waals surface area contributed by atoms with E-state index in [0.29, 0.717) is 17.2 Å². The van der Waals surface area contributed by atoms with Crippen LogP contribution in [0.15, 0.2) is 24.3 Å². The van der Waals surface area contributed by atoms with Crippen molar-refractivity contribution < 1.29 is 13.2 Å². The Morgan fingerprint density at radius 3 is 2.79 bits per heavy atom. The lowest BCUT2D eigenvalue weighted by atomic mass is 9.99. The van der Waals surface area contributed by atoms with E-state index in [9.17, 15) is 13.2 Å². The van der Waals surface area contributed by atoms with Gasteiger partial charge in [0.1, 0.15) is 0 Å². The van der Waals surface area contributed by atoms with Crippen molar-refractivity contribution in [2.24, 2.45) is 5.84 Å². The summed E-state index contributed by atoms with van der Waals surface area (Å²) in [6, 6.07) is 5.51. The van der Waals surface area contributed by atoms with E-state index in [-0.39, 0.29) is 6.04 Å². The fraction of sp³-hybridized carbons (Fsp3) is 0.538. The lowest BCUT2D eigenvalue weighted by Gasteiger charge is -2.22. The molecule has 2 nitrogen and oxygen atoms in total. The average Bonchev–Trinajstić information content (AvgIpc) is 2.89. The number of thioether (sulfide) groups is 1. The van der Waals surface area contributed by atoms with Gasteiger partial charge in [0.25, 0.3) is 0 Å². The molecule has 1 saturated heterocycles. The highest BCUT2D eigenvalue weighted by atomic mass is 32.2. The predicted octanol–water partition coefficient (Wildman–Crippen LogP) is 2.98. The Bertz CT molecular complexity index is 417. The third kappa shape index (κ3) is 3.87. The van der Waals surface area contributed by atoms with Gasteiger partial charge in [-0.15, -0.1) is 0 Å². The van der Waals surface area contributed by atoms with Crippen LogP contribution in [-0.2, 0) is 12.6 Å². The maximum Gasteiger partial charge on any atom is 0.416 e. The Morgan fingerprint density at radius 1 is 1.42 bits per heavy atom. The largest absolute Gasteiger partial charge is 0.416 e. The van der Waals surface area contributed by atoms with Crippen LogP contribution in [0.25, 0.3) is 0 Å². The molecule has 0 radical (unpaired) electrons. The molecule has 0 saturated carbocycles. The molecule has 0 bridgehead atoms. The zero-order chi connectivity index (χ0) is 13.9. The molecule has 1 aliphatic rings. The average molecular weight is 290 g/mol. The van der Waals surface area contributed by atoms with Gasteiger partial charge in [0.2, 0.25) is 0 Å². The second kappa shape index (κ2) is 6.15. The second-order valence-corrected chi connectivity index (χ2v) is 6.07. The van der Waals surface area contributed by atoms with Crippen LogP contribution in [0.1, 0.15) is 24.0 Å². The highest BCUT2D eigenvalue weighted by Gasteiger charge is 2.31. The standard InChI is InChI=1S/C13H17F3N2S/c14-13(15,16)10-4-1-3-9(7-10)8-11(18-17)12-5-2-6-19-12/h1,3-4,7,11-12,18H,2,5-6,8,17H2. The minimum atomic E-state index is -4.29. The maximum absolute atomic E-state index is 12.6. The number of hydrazine groups is 1. The molecule has 0 aromatic heterocycles. The van der Waals surface area contributed by atoms with Crippen LogP contribution >= 0.6 is 11.8 Å². The van der Waals surface area contributed by atoms with Crippen LogP contribution in [0.5, 0.6) is 0 Å². The number of halogens is 3. The summed E-state index contributed by atoms with van der Waals surface area (Å²) in [6.07, 6.45) is -1.55. The molecule has 2 rings (SSSR count). The van der Waals surface area contributed by atoms with Crippen molar-refractivity contribution >= 4 is 11.8 Å². The number of alkyl halides is 3. The quantitative estimate of drug-likeness (QED) is 0.661. The number of nitrogens with one attached hydrogen (secondary N) is 1. The molecule has 2 unspecified atom stereocenters. The molecule has 2 atom stereocenters. The molecule has 1 fully saturated rings. The van der Waals surface area contributed by atoms with E-state index < -0.39 is 11.7 Å². The Labute approximate surface area is 114 Å². The highest BCUT2D eigenvalue weighted by Crippen LogP contribution is 2.32. The summed E-state index contributed by atoms with van der Waals surface area (Å²) >= 11 is 1.84. The SMILES string of the molecule is NNC(Cc1cccc(C(F)(F)F)c1)C1CCCS1. The summed E-state index contributed by atoms with van der Waals surface area (Å²) in [7, 11) is 0. The fourth-order valence-corrected chi connectivity index (χ4v) is 3.72. The molecule has 1 aromatic carbocycles. The van der Waals surface area contributed by atoms with Crippen molar-refractivity contribution in [3.63, 3.8) is 0 Å². The molecule has 0 amide bonds. The normalized spacial score (nSPS) is 21.6. The molecule has 3 N–H and O–H groups in total. The first-order valence-electron chi connectivity index (χ1n) is 6.24. The lowest BCUT2D eigenvalue weighted by molar-refractivity contribution is -0.137. The number of nitrogens with two attached hydrogens (primary N) is 1. The highest BCUT2D eigenvalue weighted by molar-refractivity contribution is 8.00. The van der Waals surface area contributed by atoms with Crippen molar-refractivity contribution in [2.45, 2.75) is 36.7 Å². The smallest absolute Gasteiger partial charge is 0.271 e. The lowest BCUT2D eigenvalue weighted by Crippen LogP contribution is -2.43. The molecule has 1 heterocycles. The van der Waals surface area contributed by atoms with Gasteiger partial charge in [-0.1, -0.05) is 18.2 Å². The van der Waals surface area contributed by atoms with Gasteiger partial charge in [-0.2, -0.15) is 24.9 Å². The van der Waals surface area contributed by atoms with E-state index in [1.54, 1.807) is 6.07 Å². The van der Waals surface area contributed by atoms with Crippen molar-refractivity contribution in [3.05, 3.63) is 35.4 Å². The molecule has 0 spiro atoms. The van der Waals surface area contributed by atoms with Gasteiger partial charge in [0.05, 0.1) is 5.56 Å². The topological polar surface area (TPSA) is 38.0 Å². The molecular formula is C13H17F3N2S. The van der Waals surface area contributed by atoms with Crippen LogP contribution < -0.4 is 11.3 Å². The Morgan fingerprint density at radius 2 is 2.21 bits per heavy atom. The van der Waals surface area contributed by atoms with E-state index >= 15 is 0 Å². The van der Waals surface area contributed by atoms with Gasteiger partial charge in [0.15, 0.2) is 0 Å². The molecular weight excluding hydrogens is 273 g/mol. The first kappa shape index (κ1) is 14.7. The minimum Gasteiger partial charge on any atom is -0.271 e. The van der Waals surface area contributed by atoms with E-state index in [0.717, 1.165) is 24.7 Å². The van der Waals surface area contributed by atoms with Crippen LogP contribution in [0.3, 0.4) is 0 Å². The van der Waals surface area contributed by atoms with Gasteiger partial charge in [-0.25, -0.2) is 0 Å². The molecule has 0 aliphatic carbocycles. The first-order valence-corrected chi connectivity index (χ1v) is 7.29. The van der Waals surface area contributed by atoms with Crippen LogP contribution in [0, 0.1) is 0 Å². The number of benzene rings is 1. The summed E-state index contributed by atoms with van der Waals surface area (Å²) in [4.78, 5) is 0. The first-order chi connectivity index (χ1) is 9.00. The summed E-state index contributed by atoms with van der Waals surface area (Å²) in [6.45, 7) is 0. The molecule has 1 aliphatic heterocycles. The van der Waals surface area contributed by atoms with Gasteiger partial charge in [-0.3, -0.25) is 11.3 Å². The molecule has 19 heavy (non-hydrogen) atoms. The van der Waals surface area contributed by atoms with E-state index in [1.165, 1.54) is 12.1 Å². The van der Waals surface area contributed by atoms with Crippen molar-refractivity contribution in [1.29, 1.82) is 0 Å². The maximum atomic E-state index is 12.6. The molecule has 106 valence electrons. The van der Waals surface area contributed by atoms with Crippen molar-refractivity contribution in [2.75, 3.05) is 5.75 Å². The van der Waals surface area contributed by atoms with E-state index in [2.05, 4.69) is 5.43 Å². The summed E-state index contributed by atoms with van der Waals surface area (Å²) in [5, 5.41) is 0.388. The summed E-state index contributed by atoms with van der Waals surface area (Å²) in [5.41, 5.74) is 2.82. The Balaban J connectivity index is 2.09. The number of rotatable bonds is 4. The monoisotopic (exact) mass is 290 g/mol. The summed E-state index contributed by atoms with van der Waals surface area (Å²) < 4.78 is 37.9. The zero-order valence-electron chi connectivity index (χ0n) is 10.4. The third-order valence-electron chi connectivity index (χ3n) is 3.34. The van der Waals surface area contributed by atoms with Crippen LogP contribution in [0.4, 0.5) is 13.2 Å². The fourth-order valence-electron chi connectivity index (χ4n) is 2.35. The van der Waals surface area contributed by atoms with Gasteiger partial charge < -0.3 is 0 Å². The van der Waals surface area contributed by atoms with Crippen LogP contribution in [0.2, 0.25) is 0 Å². The van der Waals surface area contributed by atoms with Gasteiger partial charge >= 0.3 is 6.18 Å². The minimum absolute atomic E-state index is 0.0241. The third-order valence-corrected chi connectivity index (χ3v) is 4.85. The van der Waals surface area contributed by atoms with Gasteiger partial charge in [0, 0.05) is 11.3 Å². The zero-order valence-corrected chi connectivity index (χ0v) is 11.2. The molecule has 1 aromatic rings. The Hall–Kier alpha value is -0.720. The van der Waals surface area contributed by atoms with Gasteiger partial charge in [-0.05, 0) is 36.6 Å². The second-order valence-electron chi connectivity index (χ2n) is 4.73. The number of hydrogen-bond acceptors (Lipinski definition) is 3. The van der Waals surface area contributed by atoms with Crippen LogP contribution in [-0.4, -0.2) is 17.0 Å². The van der Waals surface area contributed by atoms with E-state index in [4.69, 9.17) is 5.84 Å². The van der Waals surface area contributed by atoms with Crippen molar-refractivity contribution in [1.82, 2.24) is 5.43 Å². The Kier molecular flexibility index (Phi) is 4.76. The molecule has 6 heteroatoms. The van der Waals surface area contributed by atoms with Crippen molar-refractivity contribution in [3.8, 4) is 0 Å². The number of hydrogen-bond donors (Lipinski definition) is 2.